The predicted octanol–water partition coefficient (Wildman–Crippen LogP) is 2.87. The molecule has 1 aromatic rings. The lowest BCUT2D eigenvalue weighted by atomic mass is 10.1. The first-order valence-corrected chi connectivity index (χ1v) is 5.36. The van der Waals surface area contributed by atoms with E-state index in [-0.39, 0.29) is 0 Å². The van der Waals surface area contributed by atoms with Crippen LogP contribution in [-0.2, 0) is 0 Å². The summed E-state index contributed by atoms with van der Waals surface area (Å²) in [7, 11) is 0. The summed E-state index contributed by atoms with van der Waals surface area (Å²) in [6, 6.07) is 8.53. The lowest BCUT2D eigenvalue weighted by Gasteiger charge is -2.14. The zero-order valence-corrected chi connectivity index (χ0v) is 8.66. The summed E-state index contributed by atoms with van der Waals surface area (Å²) in [5, 5.41) is 3.48. The van der Waals surface area contributed by atoms with Gasteiger partial charge in [-0.15, -0.1) is 0 Å². The highest BCUT2D eigenvalue weighted by atomic mass is 14.9. The maximum absolute atomic E-state index is 5.62. The number of benzene rings is 1. The fraction of sp³-hybridized carbons (Fsp3) is 0.500. The summed E-state index contributed by atoms with van der Waals surface area (Å²) in [4.78, 5) is 0. The molecule has 0 saturated heterocycles. The van der Waals surface area contributed by atoms with Crippen LogP contribution in [0.3, 0.4) is 0 Å². The maximum Gasteiger partial charge on any atom is 0.0343 e. The SMILES string of the molecule is CC(CC1CC1)Nc1ccc(N)cc1. The molecule has 3 N–H and O–H groups in total. The molecule has 76 valence electrons. The first-order valence-electron chi connectivity index (χ1n) is 5.36. The van der Waals surface area contributed by atoms with E-state index in [0.29, 0.717) is 6.04 Å². The largest absolute Gasteiger partial charge is 0.399 e. The van der Waals surface area contributed by atoms with Crippen molar-refractivity contribution in [1.82, 2.24) is 0 Å². The summed E-state index contributed by atoms with van der Waals surface area (Å²) in [6.07, 6.45) is 4.14. The van der Waals surface area contributed by atoms with Crippen LogP contribution in [0.4, 0.5) is 11.4 Å². The Bertz CT molecular complexity index is 288. The van der Waals surface area contributed by atoms with E-state index in [1.54, 1.807) is 0 Å². The van der Waals surface area contributed by atoms with E-state index in [4.69, 9.17) is 5.73 Å². The molecule has 0 heterocycles. The summed E-state index contributed by atoms with van der Waals surface area (Å²) in [5.74, 6) is 0.978. The van der Waals surface area contributed by atoms with Gasteiger partial charge in [0.2, 0.25) is 0 Å². The Labute approximate surface area is 85.5 Å². The molecule has 0 amide bonds. The van der Waals surface area contributed by atoms with Crippen molar-refractivity contribution in [3.05, 3.63) is 24.3 Å². The van der Waals surface area contributed by atoms with Crippen molar-refractivity contribution in [2.45, 2.75) is 32.2 Å². The third kappa shape index (κ3) is 2.66. The topological polar surface area (TPSA) is 38.0 Å². The number of nitrogen functional groups attached to an aromatic ring is 1. The van der Waals surface area contributed by atoms with Crippen LogP contribution in [0, 0.1) is 5.92 Å². The number of rotatable bonds is 4. The highest BCUT2D eigenvalue weighted by molar-refractivity contribution is 5.51. The molecule has 1 atom stereocenters. The molecule has 0 spiro atoms. The van der Waals surface area contributed by atoms with Gasteiger partial charge in [-0.05, 0) is 43.5 Å². The van der Waals surface area contributed by atoms with Crippen LogP contribution in [0.5, 0.6) is 0 Å². The van der Waals surface area contributed by atoms with Gasteiger partial charge < -0.3 is 11.1 Å². The average molecular weight is 190 g/mol. The molecule has 14 heavy (non-hydrogen) atoms. The monoisotopic (exact) mass is 190 g/mol. The van der Waals surface area contributed by atoms with Gasteiger partial charge in [-0.1, -0.05) is 12.8 Å². The molecule has 0 radical (unpaired) electrons. The Kier molecular flexibility index (Phi) is 2.62. The molecule has 2 rings (SSSR count). The van der Waals surface area contributed by atoms with Gasteiger partial charge in [0.25, 0.3) is 0 Å². The van der Waals surface area contributed by atoms with Crippen LogP contribution in [0.15, 0.2) is 24.3 Å². The predicted molar refractivity (Wildman–Crippen MR) is 61.3 cm³/mol. The number of nitrogens with one attached hydrogen (secondary N) is 1. The van der Waals surface area contributed by atoms with Crippen molar-refractivity contribution in [1.29, 1.82) is 0 Å². The minimum absolute atomic E-state index is 0.575. The standard InChI is InChI=1S/C12H18N2/c1-9(8-10-2-3-10)14-12-6-4-11(13)5-7-12/h4-7,9-10,14H,2-3,8,13H2,1H3. The van der Waals surface area contributed by atoms with Crippen LogP contribution in [0.2, 0.25) is 0 Å². The fourth-order valence-corrected chi connectivity index (χ4v) is 1.78. The lowest BCUT2D eigenvalue weighted by Crippen LogP contribution is -2.15. The minimum atomic E-state index is 0.575. The van der Waals surface area contributed by atoms with E-state index < -0.39 is 0 Å². The number of hydrogen-bond acceptors (Lipinski definition) is 2. The maximum atomic E-state index is 5.62. The molecule has 2 heteroatoms. The van der Waals surface area contributed by atoms with Gasteiger partial charge in [-0.3, -0.25) is 0 Å². The van der Waals surface area contributed by atoms with Crippen molar-refractivity contribution in [3.63, 3.8) is 0 Å². The molecule has 2 nitrogen and oxygen atoms in total. The van der Waals surface area contributed by atoms with Gasteiger partial charge in [0, 0.05) is 17.4 Å². The first-order chi connectivity index (χ1) is 6.74. The van der Waals surface area contributed by atoms with E-state index >= 15 is 0 Å². The third-order valence-electron chi connectivity index (χ3n) is 2.71. The summed E-state index contributed by atoms with van der Waals surface area (Å²) >= 11 is 0. The van der Waals surface area contributed by atoms with E-state index in [1.165, 1.54) is 24.9 Å². The molecule has 0 aromatic heterocycles. The second-order valence-electron chi connectivity index (χ2n) is 4.35. The van der Waals surface area contributed by atoms with Gasteiger partial charge in [0.1, 0.15) is 0 Å². The van der Waals surface area contributed by atoms with E-state index in [2.05, 4.69) is 12.2 Å². The number of nitrogens with two attached hydrogens (primary N) is 1. The smallest absolute Gasteiger partial charge is 0.0343 e. The van der Waals surface area contributed by atoms with Crippen molar-refractivity contribution < 1.29 is 0 Å². The van der Waals surface area contributed by atoms with Crippen LogP contribution >= 0.6 is 0 Å². The Morgan fingerprint density at radius 2 is 2.00 bits per heavy atom. The number of anilines is 2. The molecular formula is C12H18N2. The van der Waals surface area contributed by atoms with Crippen LogP contribution in [-0.4, -0.2) is 6.04 Å². The van der Waals surface area contributed by atoms with E-state index in [0.717, 1.165) is 11.6 Å². The molecule has 1 unspecified atom stereocenters. The fourth-order valence-electron chi connectivity index (χ4n) is 1.78. The normalized spacial score (nSPS) is 17.8. The van der Waals surface area contributed by atoms with Crippen LogP contribution in [0.25, 0.3) is 0 Å². The quantitative estimate of drug-likeness (QED) is 0.716. The van der Waals surface area contributed by atoms with Gasteiger partial charge >= 0.3 is 0 Å². The van der Waals surface area contributed by atoms with Gasteiger partial charge in [0.15, 0.2) is 0 Å². The Morgan fingerprint density at radius 3 is 2.57 bits per heavy atom. The van der Waals surface area contributed by atoms with Crippen LogP contribution in [0.1, 0.15) is 26.2 Å². The average Bonchev–Trinajstić information content (AvgIpc) is 2.93. The third-order valence-corrected chi connectivity index (χ3v) is 2.71. The molecule has 1 saturated carbocycles. The van der Waals surface area contributed by atoms with Crippen LogP contribution < -0.4 is 11.1 Å². The van der Waals surface area contributed by atoms with E-state index in [9.17, 15) is 0 Å². The second kappa shape index (κ2) is 3.91. The summed E-state index contributed by atoms with van der Waals surface area (Å²) < 4.78 is 0. The van der Waals surface area contributed by atoms with E-state index in [1.807, 2.05) is 24.3 Å². The van der Waals surface area contributed by atoms with Crippen molar-refractivity contribution in [2.24, 2.45) is 5.92 Å². The zero-order valence-electron chi connectivity index (χ0n) is 8.66. The highest BCUT2D eigenvalue weighted by Gasteiger charge is 2.23. The molecule has 1 aliphatic rings. The Morgan fingerprint density at radius 1 is 1.36 bits per heavy atom. The summed E-state index contributed by atoms with van der Waals surface area (Å²) in [5.41, 5.74) is 7.62. The zero-order chi connectivity index (χ0) is 9.97. The van der Waals surface area contributed by atoms with Gasteiger partial charge in [-0.25, -0.2) is 0 Å². The summed E-state index contributed by atoms with van der Waals surface area (Å²) in [6.45, 7) is 2.24. The molecule has 0 aliphatic heterocycles. The van der Waals surface area contributed by atoms with Crippen molar-refractivity contribution >= 4 is 11.4 Å². The van der Waals surface area contributed by atoms with Gasteiger partial charge in [-0.2, -0.15) is 0 Å². The highest BCUT2D eigenvalue weighted by Crippen LogP contribution is 2.34. The lowest BCUT2D eigenvalue weighted by molar-refractivity contribution is 0.642. The number of hydrogen-bond donors (Lipinski definition) is 2. The Hall–Kier alpha value is -1.18. The van der Waals surface area contributed by atoms with Crippen molar-refractivity contribution in [2.75, 3.05) is 11.1 Å². The Balaban J connectivity index is 1.85. The molecule has 0 bridgehead atoms. The second-order valence-corrected chi connectivity index (χ2v) is 4.35. The molecule has 1 aromatic carbocycles. The molecule has 1 aliphatic carbocycles. The minimum Gasteiger partial charge on any atom is -0.399 e. The van der Waals surface area contributed by atoms with Crippen molar-refractivity contribution in [3.8, 4) is 0 Å². The first kappa shape index (κ1) is 9.38. The van der Waals surface area contributed by atoms with Gasteiger partial charge in [0.05, 0.1) is 0 Å². The molecule has 1 fully saturated rings. The molecular weight excluding hydrogens is 172 g/mol.